The highest BCUT2D eigenvalue weighted by molar-refractivity contribution is 6.02. The summed E-state index contributed by atoms with van der Waals surface area (Å²) in [7, 11) is 3.21. The predicted molar refractivity (Wildman–Crippen MR) is 76.8 cm³/mol. The summed E-state index contributed by atoms with van der Waals surface area (Å²) in [5.74, 6) is -0.745. The van der Waals surface area contributed by atoms with Gasteiger partial charge < -0.3 is 25.3 Å². The molecule has 0 fully saturated rings. The molecule has 0 aromatic heterocycles. The largest absolute Gasteiger partial charge is 0.409 e. The molecule has 0 radical (unpaired) electrons. The molecule has 20 heavy (non-hydrogen) atoms. The number of nitrogens with zero attached hydrogens (tertiary/aromatic N) is 2. The minimum Gasteiger partial charge on any atom is -0.409 e. The topological polar surface area (TPSA) is 97.4 Å². The molecule has 0 bridgehead atoms. The lowest BCUT2D eigenvalue weighted by Gasteiger charge is -2.26. The molecule has 3 N–H and O–H groups in total. The highest BCUT2D eigenvalue weighted by Gasteiger charge is 2.27. The average Bonchev–Trinajstić information content (AvgIpc) is 2.47. The minimum atomic E-state index is -0.579. The van der Waals surface area contributed by atoms with Crippen LogP contribution >= 0.6 is 0 Å². The van der Waals surface area contributed by atoms with Crippen LogP contribution in [-0.4, -0.2) is 62.4 Å². The van der Waals surface area contributed by atoms with E-state index in [0.717, 1.165) is 12.8 Å². The zero-order valence-electron chi connectivity index (χ0n) is 12.7. The fourth-order valence-corrected chi connectivity index (χ4v) is 1.91. The fraction of sp³-hybridized carbons (Fsp3) is 0.846. The van der Waals surface area contributed by atoms with E-state index in [2.05, 4.69) is 5.16 Å². The Morgan fingerprint density at radius 3 is 2.45 bits per heavy atom. The summed E-state index contributed by atoms with van der Waals surface area (Å²) in [6.45, 7) is 4.04. The molecule has 1 amide bonds. The van der Waals surface area contributed by atoms with Gasteiger partial charge in [0, 0.05) is 33.9 Å². The van der Waals surface area contributed by atoms with Crippen LogP contribution in [0.15, 0.2) is 5.16 Å². The molecule has 0 aliphatic carbocycles. The van der Waals surface area contributed by atoms with E-state index in [-0.39, 0.29) is 11.7 Å². The van der Waals surface area contributed by atoms with Gasteiger partial charge in [-0.15, -0.1) is 0 Å². The van der Waals surface area contributed by atoms with Gasteiger partial charge in [-0.3, -0.25) is 4.79 Å². The molecule has 0 saturated heterocycles. The molecule has 1 unspecified atom stereocenters. The number of amides is 1. The molecule has 0 rings (SSSR count). The van der Waals surface area contributed by atoms with E-state index in [9.17, 15) is 4.79 Å². The molecule has 7 nitrogen and oxygen atoms in total. The van der Waals surface area contributed by atoms with Gasteiger partial charge in [0.25, 0.3) is 0 Å². The quantitative estimate of drug-likeness (QED) is 0.191. The smallest absolute Gasteiger partial charge is 0.233 e. The normalized spacial score (nSPS) is 13.2. The van der Waals surface area contributed by atoms with Crippen molar-refractivity contribution in [3.8, 4) is 0 Å². The van der Waals surface area contributed by atoms with Gasteiger partial charge in [-0.05, 0) is 12.8 Å². The molecule has 1 atom stereocenters. The molecule has 7 heteroatoms. The summed E-state index contributed by atoms with van der Waals surface area (Å²) in [4.78, 5) is 14.2. The Hall–Kier alpha value is -1.34. The number of amidine groups is 1. The van der Waals surface area contributed by atoms with Crippen LogP contribution in [0.25, 0.3) is 0 Å². The van der Waals surface area contributed by atoms with Crippen molar-refractivity contribution in [1.29, 1.82) is 0 Å². The molecule has 0 heterocycles. The second-order valence-corrected chi connectivity index (χ2v) is 4.53. The van der Waals surface area contributed by atoms with Crippen LogP contribution in [0.5, 0.6) is 0 Å². The summed E-state index contributed by atoms with van der Waals surface area (Å²) in [5.41, 5.74) is 5.62. The highest BCUT2D eigenvalue weighted by atomic mass is 16.5. The SMILES string of the molecule is CCCC(C(=O)N(CCCOC)CCOC)C(N)=NO. The maximum Gasteiger partial charge on any atom is 0.233 e. The number of hydrogen-bond donors (Lipinski definition) is 2. The number of nitrogens with two attached hydrogens (primary N) is 1. The van der Waals surface area contributed by atoms with Gasteiger partial charge >= 0.3 is 0 Å². The Kier molecular flexibility index (Phi) is 10.7. The Labute approximate surface area is 120 Å². The lowest BCUT2D eigenvalue weighted by molar-refractivity contribution is -0.134. The lowest BCUT2D eigenvalue weighted by Crippen LogP contribution is -2.44. The van der Waals surface area contributed by atoms with Crippen molar-refractivity contribution in [3.05, 3.63) is 0 Å². The number of carbonyl (C=O) groups is 1. The summed E-state index contributed by atoms with van der Waals surface area (Å²) in [6, 6.07) is 0. The van der Waals surface area contributed by atoms with Gasteiger partial charge in [-0.2, -0.15) is 0 Å². The number of methoxy groups -OCH3 is 2. The van der Waals surface area contributed by atoms with E-state index in [1.54, 1.807) is 19.1 Å². The number of oxime groups is 1. The van der Waals surface area contributed by atoms with Gasteiger partial charge in [-0.1, -0.05) is 18.5 Å². The first-order chi connectivity index (χ1) is 9.62. The van der Waals surface area contributed by atoms with Gasteiger partial charge in [0.05, 0.1) is 12.5 Å². The predicted octanol–water partition coefficient (Wildman–Crippen LogP) is 0.661. The van der Waals surface area contributed by atoms with Crippen LogP contribution in [0.2, 0.25) is 0 Å². The second kappa shape index (κ2) is 11.5. The van der Waals surface area contributed by atoms with E-state index in [0.29, 0.717) is 32.7 Å². The Bertz CT molecular complexity index is 297. The summed E-state index contributed by atoms with van der Waals surface area (Å²) >= 11 is 0. The van der Waals surface area contributed by atoms with E-state index in [1.807, 2.05) is 6.92 Å². The van der Waals surface area contributed by atoms with Crippen LogP contribution in [0, 0.1) is 5.92 Å². The van der Waals surface area contributed by atoms with E-state index >= 15 is 0 Å². The van der Waals surface area contributed by atoms with Gasteiger partial charge in [-0.25, -0.2) is 0 Å². The molecule has 0 aromatic rings. The summed E-state index contributed by atoms with van der Waals surface area (Å²) in [5, 5.41) is 11.8. The fourth-order valence-electron chi connectivity index (χ4n) is 1.91. The Morgan fingerprint density at radius 2 is 1.95 bits per heavy atom. The van der Waals surface area contributed by atoms with Gasteiger partial charge in [0.1, 0.15) is 0 Å². The van der Waals surface area contributed by atoms with Crippen LogP contribution in [0.4, 0.5) is 0 Å². The molecule has 0 saturated carbocycles. The first kappa shape index (κ1) is 18.7. The van der Waals surface area contributed by atoms with Crippen molar-refractivity contribution in [1.82, 2.24) is 4.90 Å². The van der Waals surface area contributed by atoms with Crippen molar-refractivity contribution in [3.63, 3.8) is 0 Å². The van der Waals surface area contributed by atoms with Crippen LogP contribution in [-0.2, 0) is 14.3 Å². The minimum absolute atomic E-state index is 0.0361. The van der Waals surface area contributed by atoms with Gasteiger partial charge in [0.15, 0.2) is 5.84 Å². The molecule has 0 aromatic carbocycles. The first-order valence-electron chi connectivity index (χ1n) is 6.86. The summed E-state index contributed by atoms with van der Waals surface area (Å²) in [6.07, 6.45) is 2.08. The van der Waals surface area contributed by atoms with E-state index in [1.165, 1.54) is 0 Å². The molecule has 0 aliphatic rings. The standard InChI is InChI=1S/C13H27N3O4/c1-4-6-11(12(14)15-18)13(17)16(8-10-20-3)7-5-9-19-2/h11,18H,4-10H2,1-3H3,(H2,14,15). The first-order valence-corrected chi connectivity index (χ1v) is 6.86. The summed E-state index contributed by atoms with van der Waals surface area (Å²) < 4.78 is 10.0. The average molecular weight is 289 g/mol. The molecule has 0 aliphatic heterocycles. The third kappa shape index (κ3) is 6.72. The third-order valence-electron chi connectivity index (χ3n) is 3.00. The monoisotopic (exact) mass is 289 g/mol. The highest BCUT2D eigenvalue weighted by Crippen LogP contribution is 2.12. The number of rotatable bonds is 11. The van der Waals surface area contributed by atoms with Crippen LogP contribution < -0.4 is 5.73 Å². The van der Waals surface area contributed by atoms with Crippen molar-refractivity contribution in [2.75, 3.05) is 40.5 Å². The molecule has 0 spiro atoms. The number of hydrogen-bond acceptors (Lipinski definition) is 5. The van der Waals surface area contributed by atoms with Crippen molar-refractivity contribution >= 4 is 11.7 Å². The number of carbonyl (C=O) groups excluding carboxylic acids is 1. The zero-order chi connectivity index (χ0) is 15.4. The zero-order valence-corrected chi connectivity index (χ0v) is 12.7. The molecular weight excluding hydrogens is 262 g/mol. The Balaban J connectivity index is 4.76. The van der Waals surface area contributed by atoms with Crippen molar-refractivity contribution < 1.29 is 19.5 Å². The van der Waals surface area contributed by atoms with E-state index < -0.39 is 5.92 Å². The van der Waals surface area contributed by atoms with Crippen LogP contribution in [0.3, 0.4) is 0 Å². The maximum absolute atomic E-state index is 12.5. The Morgan fingerprint density at radius 1 is 1.30 bits per heavy atom. The van der Waals surface area contributed by atoms with Crippen molar-refractivity contribution in [2.24, 2.45) is 16.8 Å². The third-order valence-corrected chi connectivity index (χ3v) is 3.00. The molecular formula is C13H27N3O4. The molecule has 118 valence electrons. The number of ether oxygens (including phenoxy) is 2. The maximum atomic E-state index is 12.5. The van der Waals surface area contributed by atoms with E-state index in [4.69, 9.17) is 20.4 Å². The van der Waals surface area contributed by atoms with Crippen LogP contribution in [0.1, 0.15) is 26.2 Å². The van der Waals surface area contributed by atoms with Gasteiger partial charge in [0.2, 0.25) is 5.91 Å². The lowest BCUT2D eigenvalue weighted by atomic mass is 10.0. The second-order valence-electron chi connectivity index (χ2n) is 4.53. The van der Waals surface area contributed by atoms with Crippen molar-refractivity contribution in [2.45, 2.75) is 26.2 Å².